The van der Waals surface area contributed by atoms with Crippen LogP contribution in [0.5, 0.6) is 5.75 Å². The van der Waals surface area contributed by atoms with E-state index in [0.717, 1.165) is 36.2 Å². The van der Waals surface area contributed by atoms with E-state index in [1.807, 2.05) is 41.3 Å². The summed E-state index contributed by atoms with van der Waals surface area (Å²) < 4.78 is 5.23. The van der Waals surface area contributed by atoms with Crippen LogP contribution in [0.15, 0.2) is 61.3 Å². The molecule has 6 nitrogen and oxygen atoms in total. The van der Waals surface area contributed by atoms with Gasteiger partial charge in [-0.3, -0.25) is 9.78 Å². The van der Waals surface area contributed by atoms with E-state index in [4.69, 9.17) is 4.74 Å². The maximum atomic E-state index is 13.0. The van der Waals surface area contributed by atoms with Crippen molar-refractivity contribution in [3.05, 3.63) is 72.6 Å². The number of aromatic nitrogens is 3. The lowest BCUT2D eigenvalue weighted by Crippen LogP contribution is -2.39. The van der Waals surface area contributed by atoms with Gasteiger partial charge in [0.25, 0.3) is 5.91 Å². The van der Waals surface area contributed by atoms with E-state index >= 15 is 0 Å². The zero-order valence-corrected chi connectivity index (χ0v) is 15.8. The fraction of sp³-hybridized carbons (Fsp3) is 0.273. The third-order valence-electron chi connectivity index (χ3n) is 5.15. The first-order valence-electron chi connectivity index (χ1n) is 9.39. The molecule has 0 unspecified atom stereocenters. The molecule has 1 fully saturated rings. The average molecular weight is 374 g/mol. The first kappa shape index (κ1) is 18.1. The smallest absolute Gasteiger partial charge is 0.253 e. The molecule has 28 heavy (non-hydrogen) atoms. The van der Waals surface area contributed by atoms with Crippen molar-refractivity contribution in [2.24, 2.45) is 0 Å². The maximum absolute atomic E-state index is 13.0. The highest BCUT2D eigenvalue weighted by Gasteiger charge is 2.26. The molecular formula is C22H22N4O2. The Morgan fingerprint density at radius 1 is 1.11 bits per heavy atom. The van der Waals surface area contributed by atoms with Crippen LogP contribution in [-0.4, -0.2) is 46.0 Å². The molecule has 3 aromatic rings. The number of piperidine rings is 1. The minimum atomic E-state index is 0.0640. The number of benzene rings is 1. The van der Waals surface area contributed by atoms with Gasteiger partial charge in [-0.05, 0) is 42.7 Å². The predicted molar refractivity (Wildman–Crippen MR) is 106 cm³/mol. The molecule has 4 rings (SSSR count). The molecule has 1 aromatic carbocycles. The Bertz CT molecular complexity index is 944. The quantitative estimate of drug-likeness (QED) is 0.698. The lowest BCUT2D eigenvalue weighted by Gasteiger charge is -2.32. The zero-order valence-electron chi connectivity index (χ0n) is 15.8. The number of amides is 1. The van der Waals surface area contributed by atoms with Gasteiger partial charge in [0.15, 0.2) is 0 Å². The van der Waals surface area contributed by atoms with Gasteiger partial charge in [0.2, 0.25) is 0 Å². The summed E-state index contributed by atoms with van der Waals surface area (Å²) in [4.78, 5) is 27.4. The summed E-state index contributed by atoms with van der Waals surface area (Å²) in [7, 11) is 1.62. The third kappa shape index (κ3) is 3.86. The SMILES string of the molecule is COc1cncc(-c2ccc(C(=O)N3CCC[C@H](c4ccncn4)C3)cc2)c1. The highest BCUT2D eigenvalue weighted by molar-refractivity contribution is 5.94. The average Bonchev–Trinajstić information content (AvgIpc) is 2.79. The third-order valence-corrected chi connectivity index (χ3v) is 5.15. The number of carbonyl (C=O) groups is 1. The van der Waals surface area contributed by atoms with Gasteiger partial charge in [-0.15, -0.1) is 0 Å². The summed E-state index contributed by atoms with van der Waals surface area (Å²) in [5.74, 6) is 1.04. The molecule has 1 saturated heterocycles. The largest absolute Gasteiger partial charge is 0.495 e. The minimum Gasteiger partial charge on any atom is -0.495 e. The Balaban J connectivity index is 1.48. The molecule has 3 heterocycles. The summed E-state index contributed by atoms with van der Waals surface area (Å²) in [6, 6.07) is 11.5. The fourth-order valence-corrected chi connectivity index (χ4v) is 3.62. The van der Waals surface area contributed by atoms with E-state index in [1.54, 1.807) is 32.0 Å². The predicted octanol–water partition coefficient (Wildman–Crippen LogP) is 3.57. The Hall–Kier alpha value is -3.28. The van der Waals surface area contributed by atoms with E-state index in [2.05, 4.69) is 15.0 Å². The van der Waals surface area contributed by atoms with Crippen LogP contribution in [0.1, 0.15) is 34.8 Å². The van der Waals surface area contributed by atoms with E-state index in [1.165, 1.54) is 0 Å². The van der Waals surface area contributed by atoms with Crippen molar-refractivity contribution in [3.8, 4) is 16.9 Å². The molecule has 142 valence electrons. The van der Waals surface area contributed by atoms with Crippen LogP contribution in [0.3, 0.4) is 0 Å². The number of hydrogen-bond donors (Lipinski definition) is 0. The first-order valence-corrected chi connectivity index (χ1v) is 9.39. The van der Waals surface area contributed by atoms with Crippen LogP contribution in [-0.2, 0) is 0 Å². The highest BCUT2D eigenvalue weighted by atomic mass is 16.5. The zero-order chi connectivity index (χ0) is 19.3. The van der Waals surface area contributed by atoms with Gasteiger partial charge < -0.3 is 9.64 Å². The summed E-state index contributed by atoms with van der Waals surface area (Å²) >= 11 is 0. The molecule has 0 spiro atoms. The van der Waals surface area contributed by atoms with Gasteiger partial charge >= 0.3 is 0 Å². The number of likely N-dealkylation sites (tertiary alicyclic amines) is 1. The number of ether oxygens (including phenoxy) is 1. The lowest BCUT2D eigenvalue weighted by atomic mass is 9.94. The normalized spacial score (nSPS) is 16.6. The molecule has 2 aromatic heterocycles. The molecule has 1 aliphatic heterocycles. The molecular weight excluding hydrogens is 352 g/mol. The molecule has 1 atom stereocenters. The summed E-state index contributed by atoms with van der Waals surface area (Å²) in [5.41, 5.74) is 3.66. The summed E-state index contributed by atoms with van der Waals surface area (Å²) in [6.45, 7) is 1.47. The second-order valence-corrected chi connectivity index (χ2v) is 6.92. The number of pyridine rings is 1. The first-order chi connectivity index (χ1) is 13.7. The van der Waals surface area contributed by atoms with Gasteiger partial charge in [0.1, 0.15) is 12.1 Å². The van der Waals surface area contributed by atoms with Crippen LogP contribution in [0.2, 0.25) is 0 Å². The van der Waals surface area contributed by atoms with Crippen LogP contribution in [0, 0.1) is 0 Å². The van der Waals surface area contributed by atoms with Gasteiger partial charge in [0, 0.05) is 48.2 Å². The number of hydrogen-bond acceptors (Lipinski definition) is 5. The topological polar surface area (TPSA) is 68.2 Å². The number of methoxy groups -OCH3 is 1. The minimum absolute atomic E-state index is 0.0640. The number of carbonyl (C=O) groups excluding carboxylic acids is 1. The van der Waals surface area contributed by atoms with Crippen molar-refractivity contribution in [1.82, 2.24) is 19.9 Å². The van der Waals surface area contributed by atoms with E-state index in [9.17, 15) is 4.79 Å². The second kappa shape index (κ2) is 8.17. The standard InChI is InChI=1S/C22H22N4O2/c1-28-20-11-19(12-24-13-20)16-4-6-17(7-5-16)22(27)26-10-2-3-18(14-26)21-8-9-23-15-25-21/h4-9,11-13,15,18H,2-3,10,14H2,1H3/t18-/m0/s1. The van der Waals surface area contributed by atoms with Crippen LogP contribution in [0.4, 0.5) is 0 Å². The van der Waals surface area contributed by atoms with Crippen molar-refractivity contribution >= 4 is 5.91 Å². The van der Waals surface area contributed by atoms with Crippen LogP contribution >= 0.6 is 0 Å². The second-order valence-electron chi connectivity index (χ2n) is 6.92. The van der Waals surface area contributed by atoms with Crippen molar-refractivity contribution in [2.45, 2.75) is 18.8 Å². The Morgan fingerprint density at radius 3 is 2.71 bits per heavy atom. The van der Waals surface area contributed by atoms with Crippen molar-refractivity contribution in [3.63, 3.8) is 0 Å². The van der Waals surface area contributed by atoms with E-state index in [0.29, 0.717) is 17.9 Å². The monoisotopic (exact) mass is 374 g/mol. The van der Waals surface area contributed by atoms with E-state index < -0.39 is 0 Å². The fourth-order valence-electron chi connectivity index (χ4n) is 3.62. The van der Waals surface area contributed by atoms with Crippen molar-refractivity contribution in [1.29, 1.82) is 0 Å². The number of rotatable bonds is 4. The molecule has 0 N–H and O–H groups in total. The van der Waals surface area contributed by atoms with Crippen molar-refractivity contribution < 1.29 is 9.53 Å². The molecule has 6 heteroatoms. The van der Waals surface area contributed by atoms with Crippen LogP contribution < -0.4 is 4.74 Å². The highest BCUT2D eigenvalue weighted by Crippen LogP contribution is 2.27. The van der Waals surface area contributed by atoms with Crippen LogP contribution in [0.25, 0.3) is 11.1 Å². The Morgan fingerprint density at radius 2 is 1.96 bits per heavy atom. The molecule has 0 aliphatic carbocycles. The van der Waals surface area contributed by atoms with Gasteiger partial charge in [0.05, 0.1) is 13.3 Å². The van der Waals surface area contributed by atoms with Gasteiger partial charge in [-0.25, -0.2) is 9.97 Å². The summed E-state index contributed by atoms with van der Waals surface area (Å²) in [6.07, 6.45) is 8.82. The summed E-state index contributed by atoms with van der Waals surface area (Å²) in [5, 5.41) is 0. The lowest BCUT2D eigenvalue weighted by molar-refractivity contribution is 0.0706. The van der Waals surface area contributed by atoms with Gasteiger partial charge in [-0.1, -0.05) is 12.1 Å². The Kier molecular flexibility index (Phi) is 5.28. The van der Waals surface area contributed by atoms with Crippen molar-refractivity contribution in [2.75, 3.05) is 20.2 Å². The molecule has 1 amide bonds. The Labute approximate surface area is 164 Å². The molecule has 0 bridgehead atoms. The van der Waals surface area contributed by atoms with Gasteiger partial charge in [-0.2, -0.15) is 0 Å². The van der Waals surface area contributed by atoms with E-state index in [-0.39, 0.29) is 11.8 Å². The molecule has 0 saturated carbocycles. The maximum Gasteiger partial charge on any atom is 0.253 e. The molecule has 1 aliphatic rings. The molecule has 0 radical (unpaired) electrons. The number of nitrogens with zero attached hydrogens (tertiary/aromatic N) is 4.